The van der Waals surface area contributed by atoms with E-state index in [2.05, 4.69) is 3.36 Å². The van der Waals surface area contributed by atoms with Crippen molar-refractivity contribution in [1.29, 1.82) is 0 Å². The maximum absolute atomic E-state index is 3.31. The molecule has 1 aliphatic rings. The van der Waals surface area contributed by atoms with Gasteiger partial charge >= 0.3 is 65.3 Å². The van der Waals surface area contributed by atoms with Crippen molar-refractivity contribution >= 4 is 3.36 Å². The summed E-state index contributed by atoms with van der Waals surface area (Å²) in [6.07, 6.45) is 6.95. The Morgan fingerprint density at radius 1 is 1.12 bits per heavy atom. The molecule has 0 heterocycles. The molecular weight excluding hydrogens is 175 g/mol. The summed E-state index contributed by atoms with van der Waals surface area (Å²) in [5.74, 6) is 0. The van der Waals surface area contributed by atoms with Crippen molar-refractivity contribution in [2.24, 2.45) is 0 Å². The molecule has 0 bridgehead atoms. The van der Waals surface area contributed by atoms with E-state index in [1.807, 2.05) is 0 Å². The van der Waals surface area contributed by atoms with Gasteiger partial charge in [-0.25, -0.2) is 0 Å². The van der Waals surface area contributed by atoms with Crippen LogP contribution in [0.4, 0.5) is 0 Å². The van der Waals surface area contributed by atoms with Crippen LogP contribution < -0.4 is 0 Å². The van der Waals surface area contributed by atoms with Gasteiger partial charge in [-0.2, -0.15) is 0 Å². The van der Waals surface area contributed by atoms with Gasteiger partial charge < -0.3 is 0 Å². The van der Waals surface area contributed by atoms with Crippen molar-refractivity contribution in [3.05, 3.63) is 5.57 Å². The second-order valence-electron chi connectivity index (χ2n) is 2.29. The van der Waals surface area contributed by atoms with E-state index in [0.717, 1.165) is 0 Å². The fraction of sp³-hybridized carbons (Fsp3) is 0.714. The first kappa shape index (κ1) is 6.65. The summed E-state index contributed by atoms with van der Waals surface area (Å²) in [7, 11) is 0. The molecule has 0 spiro atoms. The van der Waals surface area contributed by atoms with E-state index in [9.17, 15) is 0 Å². The second kappa shape index (κ2) is 3.54. The summed E-state index contributed by atoms with van der Waals surface area (Å²) < 4.78 is 3.31. The first-order chi connectivity index (χ1) is 3.93. The maximum atomic E-state index is 3.31. The Morgan fingerprint density at radius 3 is 2.12 bits per heavy atom. The predicted octanol–water partition coefficient (Wildman–Crippen LogP) is 1.82. The summed E-state index contributed by atoms with van der Waals surface area (Å²) >= 11 is 1.45. The monoisotopic (exact) mass is 184 g/mol. The van der Waals surface area contributed by atoms with Gasteiger partial charge in [-0.3, -0.25) is 0 Å². The summed E-state index contributed by atoms with van der Waals surface area (Å²) in [4.78, 5) is 0. The average molecular weight is 185 g/mol. The van der Waals surface area contributed by atoms with Crippen molar-refractivity contribution in [3.8, 4) is 0 Å². The van der Waals surface area contributed by atoms with Crippen LogP contribution in [0.5, 0.6) is 0 Å². The Hall–Kier alpha value is 0.533. The first-order valence-corrected chi connectivity index (χ1v) is 4.44. The molecule has 1 heteroatoms. The van der Waals surface area contributed by atoms with E-state index in [4.69, 9.17) is 0 Å². The molecule has 1 saturated carbocycles. The Labute approximate surface area is 65.3 Å². The van der Waals surface area contributed by atoms with Crippen LogP contribution in [0, 0.1) is 0 Å². The van der Waals surface area contributed by atoms with Crippen molar-refractivity contribution in [1.82, 2.24) is 0 Å². The molecule has 0 radical (unpaired) electrons. The van der Waals surface area contributed by atoms with Gasteiger partial charge in [0.15, 0.2) is 0 Å². The molecule has 1 aliphatic carbocycles. The van der Waals surface area contributed by atoms with Crippen LogP contribution in [0.2, 0.25) is 0 Å². The zero-order valence-corrected chi connectivity index (χ0v) is 7.49. The third kappa shape index (κ3) is 1.80. The molecule has 0 aromatic carbocycles. The number of hydrogen-bond acceptors (Lipinski definition) is 0. The first-order valence-electron chi connectivity index (χ1n) is 3.21. The molecule has 40 valence electrons. The average Bonchev–Trinajstić information content (AvgIpc) is 1.90. The van der Waals surface area contributed by atoms with E-state index in [1.54, 1.807) is 5.57 Å². The van der Waals surface area contributed by atoms with Crippen molar-refractivity contribution < 1.29 is 24.2 Å². The Balaban J connectivity index is 2.45. The summed E-state index contributed by atoms with van der Waals surface area (Å²) in [6, 6.07) is 0. The molecule has 0 N–H and O–H groups in total. The standard InChI is InChI=1S/C7H10.Zr/c1-7-5-3-2-4-6-7;/h2-6H2;/q;+2. The van der Waals surface area contributed by atoms with E-state index >= 15 is 0 Å². The Bertz CT molecular complexity index is 112. The fourth-order valence-electron chi connectivity index (χ4n) is 1.10. The quantitative estimate of drug-likeness (QED) is 0.540. The summed E-state index contributed by atoms with van der Waals surface area (Å²) in [5.41, 5.74) is 1.59. The van der Waals surface area contributed by atoms with Gasteiger partial charge in [0.1, 0.15) is 0 Å². The third-order valence-electron chi connectivity index (χ3n) is 1.63. The zero-order chi connectivity index (χ0) is 5.82. The van der Waals surface area contributed by atoms with Gasteiger partial charge in [-0.15, -0.1) is 0 Å². The molecule has 8 heavy (non-hydrogen) atoms. The van der Waals surface area contributed by atoms with E-state index in [0.29, 0.717) is 0 Å². The number of hydrogen-bond donors (Lipinski definition) is 0. The SMILES string of the molecule is [Zr+2]=[C]=C1CCCCC1. The zero-order valence-electron chi connectivity index (χ0n) is 5.04. The molecule has 0 amide bonds. The van der Waals surface area contributed by atoms with E-state index < -0.39 is 0 Å². The van der Waals surface area contributed by atoms with Crippen LogP contribution in [0.1, 0.15) is 32.1 Å². The molecule has 0 aromatic heterocycles. The Kier molecular flexibility index (Phi) is 2.94. The van der Waals surface area contributed by atoms with E-state index in [-0.39, 0.29) is 0 Å². The van der Waals surface area contributed by atoms with Gasteiger partial charge in [-0.1, -0.05) is 0 Å². The number of rotatable bonds is 0. The van der Waals surface area contributed by atoms with Gasteiger partial charge in [0.2, 0.25) is 0 Å². The summed E-state index contributed by atoms with van der Waals surface area (Å²) in [6.45, 7) is 0. The normalized spacial score (nSPS) is 20.5. The molecule has 0 aliphatic heterocycles. The molecule has 1 fully saturated rings. The summed E-state index contributed by atoms with van der Waals surface area (Å²) in [5, 5.41) is 0. The van der Waals surface area contributed by atoms with E-state index in [1.165, 1.54) is 56.3 Å². The van der Waals surface area contributed by atoms with Crippen LogP contribution in [0.15, 0.2) is 5.57 Å². The van der Waals surface area contributed by atoms with Gasteiger partial charge in [0, 0.05) is 0 Å². The molecule has 0 atom stereocenters. The van der Waals surface area contributed by atoms with Gasteiger partial charge in [-0.05, 0) is 0 Å². The minimum atomic E-state index is 1.34. The van der Waals surface area contributed by atoms with Crippen molar-refractivity contribution in [2.45, 2.75) is 32.1 Å². The Morgan fingerprint density at radius 2 is 1.75 bits per heavy atom. The van der Waals surface area contributed by atoms with Gasteiger partial charge in [0.05, 0.1) is 0 Å². The molecule has 0 saturated heterocycles. The molecular formula is C7H10Zr+2. The molecule has 0 nitrogen and oxygen atoms in total. The minimum absolute atomic E-state index is 1.34. The van der Waals surface area contributed by atoms with Crippen LogP contribution in [0.3, 0.4) is 0 Å². The van der Waals surface area contributed by atoms with Crippen molar-refractivity contribution in [3.63, 3.8) is 0 Å². The third-order valence-corrected chi connectivity index (χ3v) is 2.50. The second-order valence-corrected chi connectivity index (χ2v) is 2.90. The van der Waals surface area contributed by atoms with Gasteiger partial charge in [0.25, 0.3) is 0 Å². The van der Waals surface area contributed by atoms with Crippen LogP contribution >= 0.6 is 0 Å². The molecule has 0 unspecified atom stereocenters. The number of allylic oxidation sites excluding steroid dienone is 1. The topological polar surface area (TPSA) is 0 Å². The van der Waals surface area contributed by atoms with Crippen LogP contribution in [-0.2, 0) is 24.2 Å². The van der Waals surface area contributed by atoms with Crippen LogP contribution in [-0.4, -0.2) is 3.36 Å². The fourth-order valence-corrected chi connectivity index (χ4v) is 1.72. The molecule has 0 aromatic rings. The van der Waals surface area contributed by atoms with Crippen LogP contribution in [0.25, 0.3) is 0 Å². The predicted molar refractivity (Wildman–Crippen MR) is 31.6 cm³/mol. The molecule has 1 rings (SSSR count). The van der Waals surface area contributed by atoms with Crippen molar-refractivity contribution in [2.75, 3.05) is 0 Å².